The number of hydrogen-bond acceptors (Lipinski definition) is 6. The van der Waals surface area contributed by atoms with Gasteiger partial charge in [0.25, 0.3) is 0 Å². The molecule has 0 fully saturated rings. The highest BCUT2D eigenvalue weighted by molar-refractivity contribution is 7.81. The number of nitrogens with zero attached hydrogens (tertiary/aromatic N) is 2. The van der Waals surface area contributed by atoms with E-state index < -0.39 is 10.5 Å². The van der Waals surface area contributed by atoms with Crippen molar-refractivity contribution in [2.75, 3.05) is 7.05 Å². The topological polar surface area (TPSA) is 59.5 Å². The minimum atomic E-state index is -4.98. The molecule has 1 aromatic heterocycles. The summed E-state index contributed by atoms with van der Waals surface area (Å²) < 4.78 is 37.7. The molecule has 0 aliphatic heterocycles. The summed E-state index contributed by atoms with van der Waals surface area (Å²) in [5.41, 5.74) is 2.23. The number of aromatic nitrogens is 1. The first kappa shape index (κ1) is 17.3. The summed E-state index contributed by atoms with van der Waals surface area (Å²) in [7, 11) is -2.90. The standard InChI is InChI=1S/C16H19FN2O3S2/c1-11-18-14-4-3-5-15(16(14)23-11)19(2)10-12-6-8-13(9-7-12)22-24(17,20)21/h6-9,15H,3-5,10H2,1-2H3. The van der Waals surface area contributed by atoms with E-state index in [4.69, 9.17) is 0 Å². The van der Waals surface area contributed by atoms with Crippen LogP contribution < -0.4 is 4.18 Å². The molecule has 130 valence electrons. The zero-order valence-electron chi connectivity index (χ0n) is 13.5. The molecular formula is C16H19FN2O3S2. The van der Waals surface area contributed by atoms with Gasteiger partial charge in [0.05, 0.1) is 10.7 Å². The van der Waals surface area contributed by atoms with Gasteiger partial charge in [0, 0.05) is 17.5 Å². The van der Waals surface area contributed by atoms with Crippen LogP contribution in [0.1, 0.15) is 40.0 Å². The molecular weight excluding hydrogens is 351 g/mol. The Morgan fingerprint density at radius 1 is 1.38 bits per heavy atom. The number of benzene rings is 1. The number of rotatable bonds is 5. The van der Waals surface area contributed by atoms with Crippen LogP contribution in [0.3, 0.4) is 0 Å². The molecule has 0 amide bonds. The molecule has 1 heterocycles. The monoisotopic (exact) mass is 370 g/mol. The van der Waals surface area contributed by atoms with Crippen molar-refractivity contribution in [2.24, 2.45) is 0 Å². The average Bonchev–Trinajstić information content (AvgIpc) is 2.87. The highest BCUT2D eigenvalue weighted by Gasteiger charge is 2.27. The van der Waals surface area contributed by atoms with E-state index in [9.17, 15) is 12.3 Å². The Bertz CT molecular complexity index is 818. The van der Waals surface area contributed by atoms with E-state index >= 15 is 0 Å². The number of thiazole rings is 1. The second kappa shape index (κ2) is 6.78. The molecule has 1 aromatic carbocycles. The Balaban J connectivity index is 1.70. The van der Waals surface area contributed by atoms with Crippen LogP contribution in [0.5, 0.6) is 5.75 Å². The lowest BCUT2D eigenvalue weighted by molar-refractivity contribution is 0.216. The maximum atomic E-state index is 12.5. The predicted molar refractivity (Wildman–Crippen MR) is 91.1 cm³/mol. The first-order chi connectivity index (χ1) is 11.3. The van der Waals surface area contributed by atoms with Crippen LogP contribution in [0.2, 0.25) is 0 Å². The van der Waals surface area contributed by atoms with E-state index in [0.29, 0.717) is 12.6 Å². The minimum Gasteiger partial charge on any atom is -0.358 e. The molecule has 0 saturated carbocycles. The summed E-state index contributed by atoms with van der Waals surface area (Å²) >= 11 is 1.76. The molecule has 0 N–H and O–H groups in total. The lowest BCUT2D eigenvalue weighted by atomic mass is 9.96. The number of aryl methyl sites for hydroxylation is 2. The Hall–Kier alpha value is -1.51. The lowest BCUT2D eigenvalue weighted by Crippen LogP contribution is -2.26. The summed E-state index contributed by atoms with van der Waals surface area (Å²) in [6, 6.07) is 6.77. The third-order valence-corrected chi connectivity index (χ3v) is 5.62. The molecule has 1 atom stereocenters. The van der Waals surface area contributed by atoms with E-state index in [1.54, 1.807) is 23.5 Å². The molecule has 0 bridgehead atoms. The van der Waals surface area contributed by atoms with Gasteiger partial charge in [-0.2, -0.15) is 8.42 Å². The molecule has 0 saturated heterocycles. The van der Waals surface area contributed by atoms with Gasteiger partial charge < -0.3 is 4.18 Å². The summed E-state index contributed by atoms with van der Waals surface area (Å²) in [5, 5.41) is 1.11. The highest BCUT2D eigenvalue weighted by Crippen LogP contribution is 2.37. The fraction of sp³-hybridized carbons (Fsp3) is 0.438. The zero-order valence-corrected chi connectivity index (χ0v) is 15.2. The third kappa shape index (κ3) is 4.12. The Morgan fingerprint density at radius 3 is 2.75 bits per heavy atom. The van der Waals surface area contributed by atoms with Gasteiger partial charge in [0.1, 0.15) is 5.75 Å². The summed E-state index contributed by atoms with van der Waals surface area (Å²) in [5.74, 6) is -0.0260. The second-order valence-electron chi connectivity index (χ2n) is 5.99. The van der Waals surface area contributed by atoms with E-state index in [2.05, 4.69) is 21.1 Å². The maximum Gasteiger partial charge on any atom is 0.488 e. The van der Waals surface area contributed by atoms with Gasteiger partial charge in [-0.3, -0.25) is 4.90 Å². The van der Waals surface area contributed by atoms with Gasteiger partial charge in [0.2, 0.25) is 0 Å². The van der Waals surface area contributed by atoms with E-state index in [0.717, 1.165) is 29.8 Å². The highest BCUT2D eigenvalue weighted by atomic mass is 32.3. The Morgan fingerprint density at radius 2 is 2.08 bits per heavy atom. The summed E-state index contributed by atoms with van der Waals surface area (Å²) in [6.07, 6.45) is 3.28. The quantitative estimate of drug-likeness (QED) is 0.753. The fourth-order valence-corrected chi connectivity index (χ4v) is 4.62. The normalized spacial score (nSPS) is 17.8. The van der Waals surface area contributed by atoms with Crippen molar-refractivity contribution in [1.29, 1.82) is 0 Å². The Kier molecular flexibility index (Phi) is 4.89. The van der Waals surface area contributed by atoms with Gasteiger partial charge >= 0.3 is 10.5 Å². The van der Waals surface area contributed by atoms with Gasteiger partial charge in [-0.1, -0.05) is 16.0 Å². The van der Waals surface area contributed by atoms with Gasteiger partial charge in [-0.25, -0.2) is 4.98 Å². The van der Waals surface area contributed by atoms with Gasteiger partial charge in [-0.15, -0.1) is 11.3 Å². The predicted octanol–water partition coefficient (Wildman–Crippen LogP) is 3.55. The first-order valence-corrected chi connectivity index (χ1v) is 9.84. The van der Waals surface area contributed by atoms with Crippen LogP contribution in [0.15, 0.2) is 24.3 Å². The van der Waals surface area contributed by atoms with Gasteiger partial charge in [0.15, 0.2) is 0 Å². The van der Waals surface area contributed by atoms with Crippen molar-refractivity contribution in [2.45, 2.75) is 38.8 Å². The minimum absolute atomic E-state index is 0.0260. The molecule has 3 rings (SSSR count). The van der Waals surface area contributed by atoms with Crippen molar-refractivity contribution in [1.82, 2.24) is 9.88 Å². The van der Waals surface area contributed by atoms with Crippen LogP contribution in [0.25, 0.3) is 0 Å². The van der Waals surface area contributed by atoms with Crippen molar-refractivity contribution < 1.29 is 16.5 Å². The van der Waals surface area contributed by atoms with Crippen molar-refractivity contribution in [3.05, 3.63) is 45.4 Å². The molecule has 24 heavy (non-hydrogen) atoms. The second-order valence-corrected chi connectivity index (χ2v) is 8.18. The van der Waals surface area contributed by atoms with Crippen LogP contribution in [-0.4, -0.2) is 25.3 Å². The van der Waals surface area contributed by atoms with Crippen molar-refractivity contribution in [3.8, 4) is 5.75 Å². The van der Waals surface area contributed by atoms with Crippen LogP contribution in [0, 0.1) is 6.92 Å². The molecule has 0 spiro atoms. The van der Waals surface area contributed by atoms with Crippen LogP contribution in [0.4, 0.5) is 3.89 Å². The molecule has 1 aliphatic carbocycles. The molecule has 8 heteroatoms. The first-order valence-electron chi connectivity index (χ1n) is 7.71. The SMILES string of the molecule is Cc1nc2c(s1)C(N(C)Cc1ccc(OS(=O)(=O)F)cc1)CCC2. The number of hydrogen-bond donors (Lipinski definition) is 0. The molecule has 0 radical (unpaired) electrons. The molecule has 2 aromatic rings. The maximum absolute atomic E-state index is 12.5. The van der Waals surface area contributed by atoms with Crippen molar-refractivity contribution >= 4 is 21.8 Å². The van der Waals surface area contributed by atoms with Gasteiger partial charge in [-0.05, 0) is 50.9 Å². The molecule has 5 nitrogen and oxygen atoms in total. The number of fused-ring (bicyclic) bond motifs is 1. The van der Waals surface area contributed by atoms with E-state index in [1.165, 1.54) is 22.7 Å². The van der Waals surface area contributed by atoms with E-state index in [1.807, 2.05) is 6.92 Å². The fourth-order valence-electron chi connectivity index (χ4n) is 3.10. The average molecular weight is 370 g/mol. The van der Waals surface area contributed by atoms with E-state index in [-0.39, 0.29) is 5.75 Å². The zero-order chi connectivity index (χ0) is 17.3. The van der Waals surface area contributed by atoms with Crippen molar-refractivity contribution in [3.63, 3.8) is 0 Å². The number of halogens is 1. The largest absolute Gasteiger partial charge is 0.488 e. The third-order valence-electron chi connectivity index (χ3n) is 4.11. The smallest absolute Gasteiger partial charge is 0.358 e. The summed E-state index contributed by atoms with van der Waals surface area (Å²) in [4.78, 5) is 8.25. The molecule has 1 aliphatic rings. The lowest BCUT2D eigenvalue weighted by Gasteiger charge is -2.30. The van der Waals surface area contributed by atoms with Crippen LogP contribution in [-0.2, 0) is 23.5 Å². The van der Waals surface area contributed by atoms with Crippen LogP contribution >= 0.6 is 11.3 Å². The molecule has 1 unspecified atom stereocenters. The summed E-state index contributed by atoms with van der Waals surface area (Å²) in [6.45, 7) is 2.75. The Labute approximate surface area is 145 Å².